The predicted molar refractivity (Wildman–Crippen MR) is 101 cm³/mol. The number of amides is 2. The Morgan fingerprint density at radius 2 is 1.84 bits per heavy atom. The molecule has 0 radical (unpaired) electrons. The standard InChI is InChI=1S/C17H17N3O3S2/c1-10-4-5-11(2)14(8-10)18-16(21)20-17-19-13-7-6-12(25(3,22)23)9-15(13)24-17/h4-9H,1-3H3,(H2,18,19,20,21). The van der Waals surface area contributed by atoms with Gasteiger partial charge in [-0.1, -0.05) is 23.5 Å². The molecule has 0 saturated heterocycles. The van der Waals surface area contributed by atoms with Gasteiger partial charge in [-0.3, -0.25) is 5.32 Å². The Hall–Kier alpha value is -2.45. The summed E-state index contributed by atoms with van der Waals surface area (Å²) >= 11 is 1.23. The van der Waals surface area contributed by atoms with E-state index < -0.39 is 15.9 Å². The second kappa shape index (κ2) is 6.45. The first-order chi connectivity index (χ1) is 11.7. The molecule has 0 fully saturated rings. The number of benzene rings is 2. The van der Waals surface area contributed by atoms with Crippen LogP contribution in [0.25, 0.3) is 10.2 Å². The Labute approximate surface area is 149 Å². The highest BCUT2D eigenvalue weighted by Gasteiger charge is 2.12. The normalized spacial score (nSPS) is 11.5. The second-order valence-corrected chi connectivity index (χ2v) is 8.86. The maximum atomic E-state index is 12.2. The lowest BCUT2D eigenvalue weighted by atomic mass is 10.1. The van der Waals surface area contributed by atoms with E-state index in [0.717, 1.165) is 23.1 Å². The minimum Gasteiger partial charge on any atom is -0.307 e. The number of urea groups is 1. The number of carbonyl (C=O) groups excluding carboxylic acids is 1. The highest BCUT2D eigenvalue weighted by Crippen LogP contribution is 2.28. The summed E-state index contributed by atoms with van der Waals surface area (Å²) in [7, 11) is -3.28. The molecule has 8 heteroatoms. The Morgan fingerprint density at radius 1 is 1.08 bits per heavy atom. The Morgan fingerprint density at radius 3 is 2.56 bits per heavy atom. The van der Waals surface area contributed by atoms with E-state index >= 15 is 0 Å². The molecular weight excluding hydrogens is 358 g/mol. The molecule has 0 aliphatic heterocycles. The van der Waals surface area contributed by atoms with Crippen molar-refractivity contribution in [1.29, 1.82) is 0 Å². The summed E-state index contributed by atoms with van der Waals surface area (Å²) < 4.78 is 24.0. The van der Waals surface area contributed by atoms with E-state index in [1.54, 1.807) is 12.1 Å². The van der Waals surface area contributed by atoms with E-state index in [0.29, 0.717) is 15.3 Å². The van der Waals surface area contributed by atoms with Crippen LogP contribution in [0.2, 0.25) is 0 Å². The molecule has 0 saturated carbocycles. The molecular formula is C17H17N3O3S2. The Bertz CT molecular complexity index is 1070. The van der Waals surface area contributed by atoms with Crippen LogP contribution < -0.4 is 10.6 Å². The second-order valence-electron chi connectivity index (χ2n) is 5.82. The van der Waals surface area contributed by atoms with Crippen LogP contribution in [0.3, 0.4) is 0 Å². The van der Waals surface area contributed by atoms with Crippen molar-refractivity contribution in [2.24, 2.45) is 0 Å². The molecule has 6 nitrogen and oxygen atoms in total. The molecule has 1 heterocycles. The summed E-state index contributed by atoms with van der Waals surface area (Å²) in [5.41, 5.74) is 3.38. The fourth-order valence-electron chi connectivity index (χ4n) is 2.31. The molecule has 1 aromatic heterocycles. The number of sulfone groups is 1. The highest BCUT2D eigenvalue weighted by molar-refractivity contribution is 7.90. The SMILES string of the molecule is Cc1ccc(C)c(NC(=O)Nc2nc3ccc(S(C)(=O)=O)cc3s2)c1. The van der Waals surface area contributed by atoms with Gasteiger partial charge in [0.25, 0.3) is 0 Å². The molecule has 0 bridgehead atoms. The molecule has 25 heavy (non-hydrogen) atoms. The summed E-state index contributed by atoms with van der Waals surface area (Å²) in [5.74, 6) is 0. The van der Waals surface area contributed by atoms with Gasteiger partial charge in [-0.05, 0) is 49.2 Å². The maximum absolute atomic E-state index is 12.2. The third kappa shape index (κ3) is 3.97. The zero-order valence-electron chi connectivity index (χ0n) is 14.0. The van der Waals surface area contributed by atoms with Crippen molar-refractivity contribution in [3.63, 3.8) is 0 Å². The molecule has 0 aliphatic rings. The molecule has 3 aromatic rings. The van der Waals surface area contributed by atoms with Gasteiger partial charge in [0.2, 0.25) is 0 Å². The minimum atomic E-state index is -3.28. The van der Waals surface area contributed by atoms with Gasteiger partial charge in [-0.25, -0.2) is 18.2 Å². The van der Waals surface area contributed by atoms with Crippen LogP contribution >= 0.6 is 11.3 Å². The van der Waals surface area contributed by atoms with Crippen molar-refractivity contribution in [3.05, 3.63) is 47.5 Å². The van der Waals surface area contributed by atoms with E-state index in [1.165, 1.54) is 17.4 Å². The largest absolute Gasteiger partial charge is 0.325 e. The summed E-state index contributed by atoms with van der Waals surface area (Å²) in [6, 6.07) is 10.1. The van der Waals surface area contributed by atoms with Crippen molar-refractivity contribution < 1.29 is 13.2 Å². The quantitative estimate of drug-likeness (QED) is 0.725. The lowest BCUT2D eigenvalue weighted by Crippen LogP contribution is -2.19. The van der Waals surface area contributed by atoms with Crippen molar-refractivity contribution in [2.75, 3.05) is 16.9 Å². The third-order valence-electron chi connectivity index (χ3n) is 3.65. The number of hydrogen-bond acceptors (Lipinski definition) is 5. The zero-order valence-corrected chi connectivity index (χ0v) is 15.6. The van der Waals surface area contributed by atoms with Gasteiger partial charge >= 0.3 is 6.03 Å². The zero-order chi connectivity index (χ0) is 18.2. The molecule has 0 atom stereocenters. The van der Waals surface area contributed by atoms with E-state index in [1.807, 2.05) is 32.0 Å². The monoisotopic (exact) mass is 375 g/mol. The van der Waals surface area contributed by atoms with Gasteiger partial charge in [-0.15, -0.1) is 0 Å². The van der Waals surface area contributed by atoms with Gasteiger partial charge in [0, 0.05) is 11.9 Å². The van der Waals surface area contributed by atoms with Crippen LogP contribution in [0.4, 0.5) is 15.6 Å². The molecule has 3 rings (SSSR count). The number of aromatic nitrogens is 1. The van der Waals surface area contributed by atoms with Crippen molar-refractivity contribution >= 4 is 48.2 Å². The van der Waals surface area contributed by atoms with Gasteiger partial charge in [0.15, 0.2) is 15.0 Å². The first kappa shape index (κ1) is 17.4. The number of hydrogen-bond donors (Lipinski definition) is 2. The van der Waals surface area contributed by atoms with E-state index in [2.05, 4.69) is 15.6 Å². The summed E-state index contributed by atoms with van der Waals surface area (Å²) in [4.78, 5) is 16.7. The van der Waals surface area contributed by atoms with Crippen molar-refractivity contribution in [2.45, 2.75) is 18.7 Å². The van der Waals surface area contributed by atoms with E-state index in [4.69, 9.17) is 0 Å². The van der Waals surface area contributed by atoms with Crippen LogP contribution in [0.5, 0.6) is 0 Å². The highest BCUT2D eigenvalue weighted by atomic mass is 32.2. The molecule has 2 aromatic carbocycles. The fraction of sp³-hybridized carbons (Fsp3) is 0.176. The van der Waals surface area contributed by atoms with Gasteiger partial charge < -0.3 is 5.32 Å². The number of fused-ring (bicyclic) bond motifs is 1. The number of carbonyl (C=O) groups is 1. The Kier molecular flexibility index (Phi) is 4.49. The van der Waals surface area contributed by atoms with Crippen molar-refractivity contribution in [1.82, 2.24) is 4.98 Å². The lowest BCUT2D eigenvalue weighted by molar-refractivity contribution is 0.262. The van der Waals surface area contributed by atoms with Crippen LogP contribution in [0, 0.1) is 13.8 Å². The summed E-state index contributed by atoms with van der Waals surface area (Å²) in [6.45, 7) is 3.87. The van der Waals surface area contributed by atoms with Crippen LogP contribution in [-0.2, 0) is 9.84 Å². The van der Waals surface area contributed by atoms with Gasteiger partial charge in [0.1, 0.15) is 0 Å². The fourth-order valence-corrected chi connectivity index (χ4v) is 3.93. The molecule has 2 amide bonds. The van der Waals surface area contributed by atoms with Crippen LogP contribution in [0.15, 0.2) is 41.3 Å². The molecule has 2 N–H and O–H groups in total. The number of thiazole rings is 1. The summed E-state index contributed by atoms with van der Waals surface area (Å²) in [6.07, 6.45) is 1.16. The van der Waals surface area contributed by atoms with E-state index in [-0.39, 0.29) is 4.90 Å². The maximum Gasteiger partial charge on any atom is 0.325 e. The smallest absolute Gasteiger partial charge is 0.307 e. The summed E-state index contributed by atoms with van der Waals surface area (Å²) in [5, 5.41) is 5.90. The number of aryl methyl sites for hydroxylation is 2. The number of nitrogens with zero attached hydrogens (tertiary/aromatic N) is 1. The van der Waals surface area contributed by atoms with E-state index in [9.17, 15) is 13.2 Å². The average Bonchev–Trinajstić information content (AvgIpc) is 2.91. The molecule has 0 unspecified atom stereocenters. The first-order valence-corrected chi connectivity index (χ1v) is 10.2. The Balaban J connectivity index is 1.80. The number of anilines is 2. The number of nitrogens with one attached hydrogen (secondary N) is 2. The number of rotatable bonds is 3. The van der Waals surface area contributed by atoms with Crippen LogP contribution in [-0.4, -0.2) is 25.7 Å². The van der Waals surface area contributed by atoms with Crippen molar-refractivity contribution in [3.8, 4) is 0 Å². The third-order valence-corrected chi connectivity index (χ3v) is 5.69. The molecule has 130 valence electrons. The average molecular weight is 375 g/mol. The van der Waals surface area contributed by atoms with Crippen LogP contribution in [0.1, 0.15) is 11.1 Å². The lowest BCUT2D eigenvalue weighted by Gasteiger charge is -2.09. The van der Waals surface area contributed by atoms with Gasteiger partial charge in [-0.2, -0.15) is 0 Å². The molecule has 0 spiro atoms. The first-order valence-electron chi connectivity index (χ1n) is 7.48. The molecule has 0 aliphatic carbocycles. The van der Waals surface area contributed by atoms with Gasteiger partial charge in [0.05, 0.1) is 15.1 Å². The predicted octanol–water partition coefficient (Wildman–Crippen LogP) is 3.96. The topological polar surface area (TPSA) is 88.2 Å². The minimum absolute atomic E-state index is 0.232.